The van der Waals surface area contributed by atoms with E-state index in [2.05, 4.69) is 5.16 Å². The average molecular weight is 372 g/mol. The third-order valence-electron chi connectivity index (χ3n) is 5.90. The molecule has 2 heterocycles. The van der Waals surface area contributed by atoms with Gasteiger partial charge in [0.2, 0.25) is 0 Å². The van der Waals surface area contributed by atoms with Crippen molar-refractivity contribution in [3.05, 3.63) is 39.3 Å². The smallest absolute Gasteiger partial charge is 0.266 e. The van der Waals surface area contributed by atoms with Crippen molar-refractivity contribution in [3.8, 4) is 11.5 Å². The Hall–Kier alpha value is -2.50. The standard InChI is InChI=1S/C21H28N2O4/c1-11-12(2)19-16(13(3)18(11)24)8-9-21(6,26-19)20(25)23(7)10-17-14(4)22-27-15(17)5/h24H,8-10H2,1-7H3/t21-/m0/s1. The molecule has 2 aromatic rings. The molecule has 1 N–H and O–H groups in total. The summed E-state index contributed by atoms with van der Waals surface area (Å²) in [6.45, 7) is 11.7. The highest BCUT2D eigenvalue weighted by Gasteiger charge is 2.42. The number of fused-ring (bicyclic) bond motifs is 1. The first-order chi connectivity index (χ1) is 12.6. The average Bonchev–Trinajstić information content (AvgIpc) is 2.95. The molecule has 0 spiro atoms. The van der Waals surface area contributed by atoms with Crippen LogP contribution in [0.2, 0.25) is 0 Å². The molecule has 1 amide bonds. The van der Waals surface area contributed by atoms with Crippen molar-refractivity contribution < 1.29 is 19.2 Å². The highest BCUT2D eigenvalue weighted by atomic mass is 16.5. The van der Waals surface area contributed by atoms with Crippen LogP contribution in [0.15, 0.2) is 4.52 Å². The summed E-state index contributed by atoms with van der Waals surface area (Å²) in [5, 5.41) is 14.3. The van der Waals surface area contributed by atoms with Gasteiger partial charge < -0.3 is 19.3 Å². The summed E-state index contributed by atoms with van der Waals surface area (Å²) in [7, 11) is 1.78. The highest BCUT2D eigenvalue weighted by molar-refractivity contribution is 5.85. The van der Waals surface area contributed by atoms with Crippen LogP contribution in [-0.4, -0.2) is 33.7 Å². The van der Waals surface area contributed by atoms with Gasteiger partial charge in [-0.2, -0.15) is 0 Å². The molecular weight excluding hydrogens is 344 g/mol. The zero-order valence-electron chi connectivity index (χ0n) is 17.2. The van der Waals surface area contributed by atoms with Crippen molar-refractivity contribution in [1.82, 2.24) is 10.1 Å². The number of rotatable bonds is 3. The first-order valence-electron chi connectivity index (χ1n) is 9.24. The van der Waals surface area contributed by atoms with E-state index in [1.807, 2.05) is 41.5 Å². The second-order valence-electron chi connectivity index (χ2n) is 7.83. The van der Waals surface area contributed by atoms with Crippen LogP contribution in [0.4, 0.5) is 0 Å². The van der Waals surface area contributed by atoms with Crippen LogP contribution < -0.4 is 4.74 Å². The third kappa shape index (κ3) is 3.07. The van der Waals surface area contributed by atoms with Gasteiger partial charge in [-0.15, -0.1) is 0 Å². The number of likely N-dealkylation sites (N-methyl/N-ethyl adjacent to an activating group) is 1. The Morgan fingerprint density at radius 1 is 1.19 bits per heavy atom. The summed E-state index contributed by atoms with van der Waals surface area (Å²) in [4.78, 5) is 14.9. The lowest BCUT2D eigenvalue weighted by Crippen LogP contribution is -2.51. The van der Waals surface area contributed by atoms with E-state index < -0.39 is 5.60 Å². The predicted molar refractivity (Wildman–Crippen MR) is 102 cm³/mol. The lowest BCUT2D eigenvalue weighted by molar-refractivity contribution is -0.147. The first-order valence-corrected chi connectivity index (χ1v) is 9.24. The fourth-order valence-corrected chi connectivity index (χ4v) is 3.84. The third-order valence-corrected chi connectivity index (χ3v) is 5.90. The first kappa shape index (κ1) is 19.3. The summed E-state index contributed by atoms with van der Waals surface area (Å²) in [6, 6.07) is 0. The molecule has 0 saturated carbocycles. The van der Waals surface area contributed by atoms with Crippen LogP contribution in [-0.2, 0) is 17.8 Å². The summed E-state index contributed by atoms with van der Waals surface area (Å²) < 4.78 is 11.5. The molecule has 0 aliphatic carbocycles. The molecule has 3 rings (SSSR count). The van der Waals surface area contributed by atoms with Crippen LogP contribution in [0.1, 0.15) is 52.6 Å². The van der Waals surface area contributed by atoms with E-state index in [0.29, 0.717) is 25.1 Å². The summed E-state index contributed by atoms with van der Waals surface area (Å²) in [5.41, 5.74) is 4.30. The Morgan fingerprint density at radius 3 is 2.44 bits per heavy atom. The lowest BCUT2D eigenvalue weighted by Gasteiger charge is -2.38. The van der Waals surface area contributed by atoms with Crippen molar-refractivity contribution in [2.24, 2.45) is 0 Å². The van der Waals surface area contributed by atoms with Gasteiger partial charge in [0.1, 0.15) is 17.3 Å². The molecule has 27 heavy (non-hydrogen) atoms. The number of aromatic hydroxyl groups is 1. The number of phenolic OH excluding ortho intramolecular Hbond substituents is 1. The minimum Gasteiger partial charge on any atom is -0.507 e. The summed E-state index contributed by atoms with van der Waals surface area (Å²) in [5.74, 6) is 1.71. The molecule has 0 bridgehead atoms. The molecule has 146 valence electrons. The van der Waals surface area contributed by atoms with Crippen LogP contribution in [0.5, 0.6) is 11.5 Å². The maximum absolute atomic E-state index is 13.2. The fraction of sp³-hybridized carbons (Fsp3) is 0.524. The van der Waals surface area contributed by atoms with Gasteiger partial charge in [-0.05, 0) is 64.7 Å². The molecular formula is C21H28N2O4. The zero-order chi connectivity index (χ0) is 20.1. The van der Waals surface area contributed by atoms with Gasteiger partial charge in [0.15, 0.2) is 5.60 Å². The molecule has 6 heteroatoms. The number of carbonyl (C=O) groups excluding carboxylic acids is 1. The maximum atomic E-state index is 13.2. The Bertz CT molecular complexity index is 896. The number of phenols is 1. The molecule has 1 aromatic carbocycles. The van der Waals surface area contributed by atoms with Crippen molar-refractivity contribution >= 4 is 5.91 Å². The SMILES string of the molecule is Cc1noc(C)c1CN(C)C(=O)[C@]1(C)CCc2c(C)c(O)c(C)c(C)c2O1. The van der Waals surface area contributed by atoms with Crippen molar-refractivity contribution in [3.63, 3.8) is 0 Å². The quantitative estimate of drug-likeness (QED) is 0.890. The molecule has 0 fully saturated rings. The van der Waals surface area contributed by atoms with E-state index in [4.69, 9.17) is 9.26 Å². The molecule has 0 unspecified atom stereocenters. The predicted octanol–water partition coefficient (Wildman–Crippen LogP) is 3.66. The van der Waals surface area contributed by atoms with E-state index in [-0.39, 0.29) is 5.91 Å². The molecule has 6 nitrogen and oxygen atoms in total. The van der Waals surface area contributed by atoms with Gasteiger partial charge in [-0.1, -0.05) is 5.16 Å². The van der Waals surface area contributed by atoms with Crippen LogP contribution >= 0.6 is 0 Å². The topological polar surface area (TPSA) is 75.8 Å². The van der Waals surface area contributed by atoms with E-state index in [1.54, 1.807) is 11.9 Å². The molecule has 1 aromatic heterocycles. The van der Waals surface area contributed by atoms with E-state index in [1.165, 1.54) is 0 Å². The Balaban J connectivity index is 1.89. The molecule has 1 aliphatic heterocycles. The van der Waals surface area contributed by atoms with Crippen LogP contribution in [0, 0.1) is 34.6 Å². The van der Waals surface area contributed by atoms with E-state index in [9.17, 15) is 9.90 Å². The Morgan fingerprint density at radius 2 is 1.85 bits per heavy atom. The molecule has 1 aliphatic rings. The maximum Gasteiger partial charge on any atom is 0.266 e. The zero-order valence-corrected chi connectivity index (χ0v) is 17.2. The van der Waals surface area contributed by atoms with Crippen LogP contribution in [0.25, 0.3) is 0 Å². The molecule has 0 saturated heterocycles. The number of nitrogens with zero attached hydrogens (tertiary/aromatic N) is 2. The fourth-order valence-electron chi connectivity index (χ4n) is 3.84. The monoisotopic (exact) mass is 372 g/mol. The largest absolute Gasteiger partial charge is 0.507 e. The number of aryl methyl sites for hydroxylation is 2. The lowest BCUT2D eigenvalue weighted by atomic mass is 9.86. The van der Waals surface area contributed by atoms with E-state index in [0.717, 1.165) is 45.0 Å². The number of hydrogen-bond donors (Lipinski definition) is 1. The normalized spacial score (nSPS) is 18.8. The van der Waals surface area contributed by atoms with Gasteiger partial charge in [0.05, 0.1) is 12.2 Å². The van der Waals surface area contributed by atoms with Gasteiger partial charge in [-0.3, -0.25) is 4.79 Å². The second kappa shape index (κ2) is 6.59. The number of aromatic nitrogens is 1. The molecule has 0 radical (unpaired) electrons. The van der Waals surface area contributed by atoms with Crippen molar-refractivity contribution in [1.29, 1.82) is 0 Å². The highest BCUT2D eigenvalue weighted by Crippen LogP contribution is 2.43. The van der Waals surface area contributed by atoms with Crippen molar-refractivity contribution in [2.75, 3.05) is 7.05 Å². The number of carbonyl (C=O) groups is 1. The number of benzene rings is 1. The Labute approximate surface area is 160 Å². The van der Waals surface area contributed by atoms with Crippen molar-refractivity contribution in [2.45, 2.75) is 66.5 Å². The van der Waals surface area contributed by atoms with Gasteiger partial charge >= 0.3 is 0 Å². The number of hydrogen-bond acceptors (Lipinski definition) is 5. The number of ether oxygens (including phenoxy) is 1. The van der Waals surface area contributed by atoms with Gasteiger partial charge in [0.25, 0.3) is 5.91 Å². The van der Waals surface area contributed by atoms with Gasteiger partial charge in [-0.25, -0.2) is 0 Å². The second-order valence-corrected chi connectivity index (χ2v) is 7.83. The Kier molecular flexibility index (Phi) is 4.70. The van der Waals surface area contributed by atoms with E-state index >= 15 is 0 Å². The van der Waals surface area contributed by atoms with Gasteiger partial charge in [0, 0.05) is 24.6 Å². The summed E-state index contributed by atoms with van der Waals surface area (Å²) >= 11 is 0. The summed E-state index contributed by atoms with van der Waals surface area (Å²) in [6.07, 6.45) is 1.25. The number of amides is 1. The molecule has 1 atom stereocenters. The van der Waals surface area contributed by atoms with Crippen LogP contribution in [0.3, 0.4) is 0 Å². The minimum absolute atomic E-state index is 0.0732. The minimum atomic E-state index is -0.943.